The van der Waals surface area contributed by atoms with Crippen molar-refractivity contribution in [3.8, 4) is 0 Å². The standard InChI is InChI=1S/C22H24N6O3S/c1-15-13-16(2)28(24-15)11-6-10-27-20(29)17-7-4-5-8-18(17)23-22(27)32-14-26-12-9-19(25-26)21(30)31-3/h4-5,7-9,12-13H,6,10-11,14H2,1-3H3. The van der Waals surface area contributed by atoms with Gasteiger partial charge in [-0.15, -0.1) is 0 Å². The van der Waals surface area contributed by atoms with E-state index < -0.39 is 5.97 Å². The summed E-state index contributed by atoms with van der Waals surface area (Å²) in [6.45, 7) is 5.23. The molecule has 0 fully saturated rings. The smallest absolute Gasteiger partial charge is 0.358 e. The molecule has 0 saturated heterocycles. The second-order valence-electron chi connectivity index (χ2n) is 7.38. The average Bonchev–Trinajstić information content (AvgIpc) is 3.39. The van der Waals surface area contributed by atoms with Gasteiger partial charge in [0.2, 0.25) is 0 Å². The van der Waals surface area contributed by atoms with Crippen LogP contribution in [0, 0.1) is 13.8 Å². The lowest BCUT2D eigenvalue weighted by Gasteiger charge is -2.13. The highest BCUT2D eigenvalue weighted by atomic mass is 32.2. The minimum atomic E-state index is -0.487. The maximum atomic E-state index is 13.2. The van der Waals surface area contributed by atoms with Crippen LogP contribution in [0.5, 0.6) is 0 Å². The molecule has 0 N–H and O–H groups in total. The first-order valence-electron chi connectivity index (χ1n) is 10.2. The highest BCUT2D eigenvalue weighted by Crippen LogP contribution is 2.20. The van der Waals surface area contributed by atoms with Gasteiger partial charge in [0, 0.05) is 25.0 Å². The summed E-state index contributed by atoms with van der Waals surface area (Å²) in [6, 6.07) is 11.0. The van der Waals surface area contributed by atoms with Crippen LogP contribution < -0.4 is 5.56 Å². The summed E-state index contributed by atoms with van der Waals surface area (Å²) in [4.78, 5) is 29.6. The van der Waals surface area contributed by atoms with Crippen molar-refractivity contribution in [1.29, 1.82) is 0 Å². The number of fused-ring (bicyclic) bond motifs is 1. The Morgan fingerprint density at radius 2 is 1.94 bits per heavy atom. The van der Waals surface area contributed by atoms with E-state index in [1.165, 1.54) is 18.9 Å². The second kappa shape index (κ2) is 9.39. The van der Waals surface area contributed by atoms with Gasteiger partial charge >= 0.3 is 5.97 Å². The molecular weight excluding hydrogens is 428 g/mol. The van der Waals surface area contributed by atoms with E-state index in [1.54, 1.807) is 27.6 Å². The molecule has 0 saturated carbocycles. The number of aryl methyl sites for hydroxylation is 3. The van der Waals surface area contributed by atoms with Crippen molar-refractivity contribution < 1.29 is 9.53 Å². The third-order valence-electron chi connectivity index (χ3n) is 5.04. The maximum Gasteiger partial charge on any atom is 0.358 e. The Balaban J connectivity index is 1.57. The van der Waals surface area contributed by atoms with E-state index in [1.807, 2.05) is 42.8 Å². The molecule has 0 aliphatic carbocycles. The molecule has 1 aromatic carbocycles. The van der Waals surface area contributed by atoms with E-state index in [0.717, 1.165) is 17.8 Å². The highest BCUT2D eigenvalue weighted by Gasteiger charge is 2.14. The molecule has 3 heterocycles. The zero-order chi connectivity index (χ0) is 22.7. The topological polar surface area (TPSA) is 96.8 Å². The molecule has 0 spiro atoms. The predicted molar refractivity (Wildman–Crippen MR) is 122 cm³/mol. The molecule has 0 radical (unpaired) electrons. The fraction of sp³-hybridized carbons (Fsp3) is 0.318. The van der Waals surface area contributed by atoms with Crippen LogP contribution in [-0.2, 0) is 23.7 Å². The molecule has 3 aromatic heterocycles. The van der Waals surface area contributed by atoms with Crippen LogP contribution in [0.25, 0.3) is 10.9 Å². The van der Waals surface area contributed by atoms with Crippen molar-refractivity contribution in [3.63, 3.8) is 0 Å². The number of hydrogen-bond donors (Lipinski definition) is 0. The second-order valence-corrected chi connectivity index (χ2v) is 8.29. The third kappa shape index (κ3) is 4.59. The van der Waals surface area contributed by atoms with Gasteiger partial charge in [0.05, 0.1) is 29.6 Å². The molecule has 4 rings (SSSR count). The molecule has 0 atom stereocenters. The van der Waals surface area contributed by atoms with Gasteiger partial charge in [-0.1, -0.05) is 23.9 Å². The molecular formula is C22H24N6O3S. The van der Waals surface area contributed by atoms with Gasteiger partial charge in [-0.25, -0.2) is 9.78 Å². The van der Waals surface area contributed by atoms with Crippen LogP contribution in [0.2, 0.25) is 0 Å². The SMILES string of the molecule is COC(=O)c1ccn(CSc2nc3ccccc3c(=O)n2CCCn2nc(C)cc2C)n1. The Kier molecular flexibility index (Phi) is 6.40. The molecule has 0 aliphatic rings. The zero-order valence-corrected chi connectivity index (χ0v) is 19.0. The molecule has 166 valence electrons. The first-order chi connectivity index (χ1) is 15.5. The third-order valence-corrected chi connectivity index (χ3v) is 6.01. The first-order valence-corrected chi connectivity index (χ1v) is 11.2. The van der Waals surface area contributed by atoms with Gasteiger partial charge in [-0.05, 0) is 44.5 Å². The molecule has 9 nitrogen and oxygen atoms in total. The van der Waals surface area contributed by atoms with Crippen molar-refractivity contribution >= 4 is 28.6 Å². The van der Waals surface area contributed by atoms with Crippen LogP contribution in [0.3, 0.4) is 0 Å². The lowest BCUT2D eigenvalue weighted by atomic mass is 10.2. The Morgan fingerprint density at radius 1 is 1.12 bits per heavy atom. The number of ether oxygens (including phenoxy) is 1. The van der Waals surface area contributed by atoms with Crippen molar-refractivity contribution in [2.75, 3.05) is 7.11 Å². The minimum absolute atomic E-state index is 0.0674. The quantitative estimate of drug-likeness (QED) is 0.230. The van der Waals surface area contributed by atoms with E-state index in [2.05, 4.69) is 10.2 Å². The molecule has 10 heteroatoms. The summed E-state index contributed by atoms with van der Waals surface area (Å²) in [5, 5.41) is 9.91. The fourth-order valence-corrected chi connectivity index (χ4v) is 4.39. The summed E-state index contributed by atoms with van der Waals surface area (Å²) < 4.78 is 9.99. The molecule has 0 bridgehead atoms. The molecule has 0 amide bonds. The molecule has 0 aliphatic heterocycles. The summed E-state index contributed by atoms with van der Waals surface area (Å²) in [5.74, 6) is -0.0854. The Morgan fingerprint density at radius 3 is 2.69 bits per heavy atom. The number of carbonyl (C=O) groups is 1. The number of benzene rings is 1. The zero-order valence-electron chi connectivity index (χ0n) is 18.2. The summed E-state index contributed by atoms with van der Waals surface area (Å²) in [7, 11) is 1.32. The number of para-hydroxylation sites is 1. The highest BCUT2D eigenvalue weighted by molar-refractivity contribution is 7.98. The Bertz CT molecular complexity index is 1320. The largest absolute Gasteiger partial charge is 0.464 e. The number of esters is 1. The van der Waals surface area contributed by atoms with E-state index >= 15 is 0 Å². The molecule has 0 unspecified atom stereocenters. The number of hydrogen-bond acceptors (Lipinski definition) is 7. The van der Waals surface area contributed by atoms with Gasteiger partial charge in [0.1, 0.15) is 0 Å². The van der Waals surface area contributed by atoms with Gasteiger partial charge in [-0.2, -0.15) is 10.2 Å². The van der Waals surface area contributed by atoms with Crippen molar-refractivity contribution in [1.82, 2.24) is 29.1 Å². The Labute approximate surface area is 189 Å². The Hall–Kier alpha value is -3.40. The molecule has 4 aromatic rings. The fourth-order valence-electron chi connectivity index (χ4n) is 3.51. The van der Waals surface area contributed by atoms with E-state index in [0.29, 0.717) is 35.0 Å². The lowest BCUT2D eigenvalue weighted by molar-refractivity contribution is 0.0593. The van der Waals surface area contributed by atoms with E-state index in [4.69, 9.17) is 9.72 Å². The average molecular weight is 453 g/mol. The first kappa shape index (κ1) is 21.8. The van der Waals surface area contributed by atoms with Gasteiger partial charge in [0.25, 0.3) is 5.56 Å². The minimum Gasteiger partial charge on any atom is -0.464 e. The monoisotopic (exact) mass is 452 g/mol. The van der Waals surface area contributed by atoms with Crippen molar-refractivity contribution in [2.45, 2.75) is 44.4 Å². The summed E-state index contributed by atoms with van der Waals surface area (Å²) >= 11 is 1.39. The van der Waals surface area contributed by atoms with Gasteiger partial charge < -0.3 is 4.74 Å². The maximum absolute atomic E-state index is 13.2. The van der Waals surface area contributed by atoms with Gasteiger partial charge in [0.15, 0.2) is 10.9 Å². The van der Waals surface area contributed by atoms with Gasteiger partial charge in [-0.3, -0.25) is 18.7 Å². The number of thioether (sulfide) groups is 1. The van der Waals surface area contributed by atoms with E-state index in [9.17, 15) is 9.59 Å². The molecule has 32 heavy (non-hydrogen) atoms. The predicted octanol–water partition coefficient (Wildman–Crippen LogP) is 3.03. The number of carbonyl (C=O) groups excluding carboxylic acids is 1. The van der Waals surface area contributed by atoms with Crippen molar-refractivity contribution in [3.05, 3.63) is 70.0 Å². The van der Waals surface area contributed by atoms with Crippen LogP contribution in [-0.4, -0.2) is 42.2 Å². The van der Waals surface area contributed by atoms with Crippen LogP contribution in [0.1, 0.15) is 28.3 Å². The lowest BCUT2D eigenvalue weighted by Crippen LogP contribution is -2.24. The van der Waals surface area contributed by atoms with Crippen LogP contribution in [0.4, 0.5) is 0 Å². The number of rotatable bonds is 8. The summed E-state index contributed by atoms with van der Waals surface area (Å²) in [6.07, 6.45) is 2.44. The van der Waals surface area contributed by atoms with Crippen LogP contribution in [0.15, 0.2) is 52.5 Å². The van der Waals surface area contributed by atoms with Crippen molar-refractivity contribution in [2.24, 2.45) is 0 Å². The normalized spacial score (nSPS) is 11.2. The van der Waals surface area contributed by atoms with Crippen LogP contribution >= 0.6 is 11.8 Å². The number of methoxy groups -OCH3 is 1. The number of aromatic nitrogens is 6. The van der Waals surface area contributed by atoms with E-state index in [-0.39, 0.29) is 11.3 Å². The summed E-state index contributed by atoms with van der Waals surface area (Å²) in [5.41, 5.74) is 2.91. The number of nitrogens with zero attached hydrogens (tertiary/aromatic N) is 6.